The summed E-state index contributed by atoms with van der Waals surface area (Å²) < 4.78 is 7.24. The van der Waals surface area contributed by atoms with E-state index in [0.717, 1.165) is 11.1 Å². The van der Waals surface area contributed by atoms with Crippen LogP contribution in [-0.4, -0.2) is 51.3 Å². The van der Waals surface area contributed by atoms with Gasteiger partial charge in [0, 0.05) is 60.8 Å². The van der Waals surface area contributed by atoms with Crippen LogP contribution in [0.5, 0.6) is 0 Å². The second kappa shape index (κ2) is 7.29. The second-order valence-corrected chi connectivity index (χ2v) is 8.31. The van der Waals surface area contributed by atoms with Crippen molar-refractivity contribution in [3.8, 4) is 0 Å². The van der Waals surface area contributed by atoms with E-state index in [0.29, 0.717) is 54.1 Å². The maximum absolute atomic E-state index is 12.8. The average Bonchev–Trinajstić information content (AvgIpc) is 3.34. The summed E-state index contributed by atoms with van der Waals surface area (Å²) in [6.07, 6.45) is 1.73. The summed E-state index contributed by atoms with van der Waals surface area (Å²) in [5, 5.41) is 3.28. The van der Waals surface area contributed by atoms with Crippen molar-refractivity contribution in [3.63, 3.8) is 0 Å². The number of halogens is 1. The van der Waals surface area contributed by atoms with Gasteiger partial charge in [-0.3, -0.25) is 18.9 Å². The SMILES string of the molecule is O=C(c1cc2cc(Cl)ccc2o1)N1CCN(Cc2cc(=O)n3ccsc3n2)CC1. The molecule has 5 rings (SSSR count). The minimum Gasteiger partial charge on any atom is -0.451 e. The smallest absolute Gasteiger partial charge is 0.289 e. The standard InChI is InChI=1S/C20H17ClN4O3S/c21-14-1-2-16-13(9-14)10-17(28-16)19(27)24-5-3-23(4-6-24)12-15-11-18(26)25-7-8-29-20(25)22-15/h1-2,7-11H,3-6,12H2. The van der Waals surface area contributed by atoms with Crippen LogP contribution in [0.4, 0.5) is 0 Å². The van der Waals surface area contributed by atoms with Gasteiger partial charge in [-0.25, -0.2) is 4.98 Å². The predicted molar refractivity (Wildman–Crippen MR) is 112 cm³/mol. The van der Waals surface area contributed by atoms with Crippen molar-refractivity contribution < 1.29 is 9.21 Å². The van der Waals surface area contributed by atoms with Gasteiger partial charge in [-0.1, -0.05) is 11.6 Å². The Morgan fingerprint density at radius 1 is 1.17 bits per heavy atom. The summed E-state index contributed by atoms with van der Waals surface area (Å²) in [6, 6.07) is 8.62. The van der Waals surface area contributed by atoms with Crippen molar-refractivity contribution >= 4 is 44.8 Å². The molecule has 148 valence electrons. The molecule has 0 unspecified atom stereocenters. The molecule has 1 amide bonds. The zero-order valence-corrected chi connectivity index (χ0v) is 16.9. The molecule has 3 aromatic heterocycles. The topological polar surface area (TPSA) is 71.1 Å². The van der Waals surface area contributed by atoms with E-state index in [9.17, 15) is 9.59 Å². The number of piperazine rings is 1. The molecule has 29 heavy (non-hydrogen) atoms. The highest BCUT2D eigenvalue weighted by atomic mass is 35.5. The van der Waals surface area contributed by atoms with Crippen LogP contribution < -0.4 is 5.56 Å². The van der Waals surface area contributed by atoms with Crippen molar-refractivity contribution in [1.82, 2.24) is 19.2 Å². The van der Waals surface area contributed by atoms with E-state index in [1.54, 1.807) is 45.8 Å². The fourth-order valence-electron chi connectivity index (χ4n) is 3.58. The van der Waals surface area contributed by atoms with Gasteiger partial charge in [0.1, 0.15) is 5.58 Å². The third-order valence-electron chi connectivity index (χ3n) is 5.09. The highest BCUT2D eigenvalue weighted by Crippen LogP contribution is 2.24. The number of hydrogen-bond donors (Lipinski definition) is 0. The van der Waals surface area contributed by atoms with Crippen molar-refractivity contribution in [2.75, 3.05) is 26.2 Å². The van der Waals surface area contributed by atoms with Crippen LogP contribution in [-0.2, 0) is 6.54 Å². The Morgan fingerprint density at radius 3 is 2.83 bits per heavy atom. The van der Waals surface area contributed by atoms with Crippen molar-refractivity contribution in [3.05, 3.63) is 68.7 Å². The maximum Gasteiger partial charge on any atom is 0.289 e. The average molecular weight is 429 g/mol. The van der Waals surface area contributed by atoms with Crippen LogP contribution >= 0.6 is 22.9 Å². The highest BCUT2D eigenvalue weighted by molar-refractivity contribution is 7.15. The Balaban J connectivity index is 1.25. The van der Waals surface area contributed by atoms with Crippen LogP contribution in [0.15, 0.2) is 51.1 Å². The first-order chi connectivity index (χ1) is 14.1. The normalized spacial score (nSPS) is 15.4. The number of thiazole rings is 1. The van der Waals surface area contributed by atoms with Crippen LogP contribution in [0.2, 0.25) is 5.02 Å². The number of amides is 1. The van der Waals surface area contributed by atoms with Crippen LogP contribution in [0.25, 0.3) is 15.9 Å². The number of aromatic nitrogens is 2. The predicted octanol–water partition coefficient (Wildman–Crippen LogP) is 3.11. The quantitative estimate of drug-likeness (QED) is 0.501. The molecule has 1 fully saturated rings. The first kappa shape index (κ1) is 18.4. The van der Waals surface area contributed by atoms with Gasteiger partial charge in [0.05, 0.1) is 5.69 Å². The Morgan fingerprint density at radius 2 is 2.00 bits per heavy atom. The molecule has 0 bridgehead atoms. The Bertz CT molecular complexity index is 1270. The molecule has 0 radical (unpaired) electrons. The van der Waals surface area contributed by atoms with Crippen molar-refractivity contribution in [1.29, 1.82) is 0 Å². The second-order valence-electron chi connectivity index (χ2n) is 7.00. The number of fused-ring (bicyclic) bond motifs is 2. The lowest BCUT2D eigenvalue weighted by atomic mass is 10.2. The number of rotatable bonds is 3. The first-order valence-corrected chi connectivity index (χ1v) is 10.5. The van der Waals surface area contributed by atoms with Crippen LogP contribution in [0, 0.1) is 0 Å². The molecule has 7 nitrogen and oxygen atoms in total. The Labute approximate surface area is 174 Å². The van der Waals surface area contributed by atoms with Crippen LogP contribution in [0.1, 0.15) is 16.2 Å². The molecule has 0 atom stereocenters. The number of nitrogens with zero attached hydrogens (tertiary/aromatic N) is 4. The maximum atomic E-state index is 12.8. The molecule has 1 saturated heterocycles. The molecule has 4 aromatic rings. The lowest BCUT2D eigenvalue weighted by Gasteiger charge is -2.34. The number of furan rings is 1. The van der Waals surface area contributed by atoms with Gasteiger partial charge in [-0.15, -0.1) is 11.3 Å². The Hall–Kier alpha value is -2.68. The zero-order valence-electron chi connectivity index (χ0n) is 15.4. The van der Waals surface area contributed by atoms with E-state index < -0.39 is 0 Å². The monoisotopic (exact) mass is 428 g/mol. The minimum atomic E-state index is -0.117. The number of hydrogen-bond acceptors (Lipinski definition) is 6. The number of carbonyl (C=O) groups excluding carboxylic acids is 1. The molecule has 9 heteroatoms. The molecule has 1 aliphatic rings. The molecule has 4 heterocycles. The van der Waals surface area contributed by atoms with Crippen molar-refractivity contribution in [2.45, 2.75) is 6.54 Å². The zero-order chi connectivity index (χ0) is 20.0. The lowest BCUT2D eigenvalue weighted by Crippen LogP contribution is -2.48. The summed E-state index contributed by atoms with van der Waals surface area (Å²) in [5.74, 6) is 0.210. The van der Waals surface area contributed by atoms with Gasteiger partial charge in [-0.2, -0.15) is 0 Å². The van der Waals surface area contributed by atoms with Gasteiger partial charge >= 0.3 is 0 Å². The molecule has 0 N–H and O–H groups in total. The van der Waals surface area contributed by atoms with E-state index in [4.69, 9.17) is 16.0 Å². The Kier molecular flexibility index (Phi) is 4.61. The van der Waals surface area contributed by atoms with E-state index in [2.05, 4.69) is 9.88 Å². The van der Waals surface area contributed by atoms with Gasteiger partial charge in [0.15, 0.2) is 10.7 Å². The summed E-state index contributed by atoms with van der Waals surface area (Å²) in [5.41, 5.74) is 1.34. The van der Waals surface area contributed by atoms with Gasteiger partial charge in [-0.05, 0) is 24.3 Å². The van der Waals surface area contributed by atoms with E-state index >= 15 is 0 Å². The van der Waals surface area contributed by atoms with E-state index in [1.165, 1.54) is 11.3 Å². The summed E-state index contributed by atoms with van der Waals surface area (Å²) in [6.45, 7) is 3.20. The van der Waals surface area contributed by atoms with Gasteiger partial charge in [0.25, 0.3) is 11.5 Å². The molecule has 0 aliphatic carbocycles. The molecule has 0 spiro atoms. The first-order valence-electron chi connectivity index (χ1n) is 9.23. The number of carbonyl (C=O) groups is 1. The van der Waals surface area contributed by atoms with Crippen LogP contribution in [0.3, 0.4) is 0 Å². The summed E-state index contributed by atoms with van der Waals surface area (Å²) in [4.78, 5) is 34.2. The molecule has 0 saturated carbocycles. The third kappa shape index (κ3) is 3.55. The lowest BCUT2D eigenvalue weighted by molar-refractivity contribution is 0.0598. The highest BCUT2D eigenvalue weighted by Gasteiger charge is 2.25. The van der Waals surface area contributed by atoms with E-state index in [-0.39, 0.29) is 11.5 Å². The fourth-order valence-corrected chi connectivity index (χ4v) is 4.50. The minimum absolute atomic E-state index is 0.0648. The fraction of sp³-hybridized carbons (Fsp3) is 0.250. The van der Waals surface area contributed by atoms with Gasteiger partial charge < -0.3 is 9.32 Å². The summed E-state index contributed by atoms with van der Waals surface area (Å²) >= 11 is 7.45. The van der Waals surface area contributed by atoms with Gasteiger partial charge in [0.2, 0.25) is 0 Å². The molecule has 1 aromatic carbocycles. The molecular weight excluding hydrogens is 412 g/mol. The third-order valence-corrected chi connectivity index (χ3v) is 6.08. The number of benzene rings is 1. The summed E-state index contributed by atoms with van der Waals surface area (Å²) in [7, 11) is 0. The van der Waals surface area contributed by atoms with E-state index in [1.807, 2.05) is 5.38 Å². The molecule has 1 aliphatic heterocycles. The largest absolute Gasteiger partial charge is 0.451 e. The molecular formula is C20H17ClN4O3S. The van der Waals surface area contributed by atoms with Crippen molar-refractivity contribution in [2.24, 2.45) is 0 Å².